The van der Waals surface area contributed by atoms with Gasteiger partial charge < -0.3 is 0 Å². The molecule has 0 heterocycles. The molecule has 0 aliphatic heterocycles. The van der Waals surface area contributed by atoms with Crippen LogP contribution < -0.4 is 0 Å². The Hall–Kier alpha value is -1.11. The molecule has 0 spiro atoms. The zero-order chi connectivity index (χ0) is 9.73. The van der Waals surface area contributed by atoms with Crippen molar-refractivity contribution in [1.82, 2.24) is 0 Å². The van der Waals surface area contributed by atoms with Crippen molar-refractivity contribution in [3.63, 3.8) is 0 Å². The highest BCUT2D eigenvalue weighted by molar-refractivity contribution is 5.30. The van der Waals surface area contributed by atoms with Crippen molar-refractivity contribution >= 4 is 0 Å². The second-order valence-corrected chi connectivity index (χ2v) is 3.21. The summed E-state index contributed by atoms with van der Waals surface area (Å²) in [5.41, 5.74) is 0.524. The Morgan fingerprint density at radius 2 is 2.00 bits per heavy atom. The van der Waals surface area contributed by atoms with Gasteiger partial charge in [-0.3, -0.25) is 0 Å². The lowest BCUT2D eigenvalue weighted by molar-refractivity contribution is 0.352. The fourth-order valence-corrected chi connectivity index (χ4v) is 1.46. The molecule has 0 aliphatic carbocycles. The first-order valence-corrected chi connectivity index (χ1v) is 4.54. The average molecular weight is 178 g/mol. The molecule has 70 valence electrons. The maximum Gasteiger partial charge on any atom is 0.102 e. The fraction of sp³-hybridized carbons (Fsp3) is 0.333. The lowest BCUT2D eigenvalue weighted by Crippen LogP contribution is -2.24. The second-order valence-electron chi connectivity index (χ2n) is 3.21. The molecule has 1 heteroatoms. The minimum absolute atomic E-state index is 0.378. The van der Waals surface area contributed by atoms with Crippen LogP contribution in [-0.2, 0) is 5.41 Å². The van der Waals surface area contributed by atoms with E-state index in [2.05, 4.69) is 6.58 Å². The summed E-state index contributed by atoms with van der Waals surface area (Å²) in [5, 5.41) is 0. The van der Waals surface area contributed by atoms with Crippen molar-refractivity contribution in [3.8, 4) is 0 Å². The van der Waals surface area contributed by atoms with Gasteiger partial charge in [-0.2, -0.15) is 0 Å². The van der Waals surface area contributed by atoms with Crippen molar-refractivity contribution < 1.29 is 4.39 Å². The molecule has 0 N–H and O–H groups in total. The van der Waals surface area contributed by atoms with Gasteiger partial charge in [-0.05, 0) is 12.0 Å². The molecule has 0 fully saturated rings. The first-order valence-electron chi connectivity index (χ1n) is 4.54. The molecule has 13 heavy (non-hydrogen) atoms. The third-order valence-electron chi connectivity index (χ3n) is 2.61. The fourth-order valence-electron chi connectivity index (χ4n) is 1.46. The molecule has 1 atom stereocenters. The molecule has 0 bridgehead atoms. The molecule has 1 aromatic carbocycles. The van der Waals surface area contributed by atoms with E-state index in [4.69, 9.17) is 0 Å². The van der Waals surface area contributed by atoms with Crippen molar-refractivity contribution in [2.75, 3.05) is 6.67 Å². The number of rotatable bonds is 4. The van der Waals surface area contributed by atoms with E-state index in [9.17, 15) is 4.39 Å². The van der Waals surface area contributed by atoms with E-state index >= 15 is 0 Å². The van der Waals surface area contributed by atoms with Gasteiger partial charge >= 0.3 is 0 Å². The van der Waals surface area contributed by atoms with Gasteiger partial charge in [0.15, 0.2) is 0 Å². The molecule has 0 radical (unpaired) electrons. The number of hydrogen-bond acceptors (Lipinski definition) is 0. The van der Waals surface area contributed by atoms with Gasteiger partial charge in [0, 0.05) is 5.41 Å². The topological polar surface area (TPSA) is 0 Å². The predicted octanol–water partition coefficient (Wildman–Crippen LogP) is 3.49. The maximum absolute atomic E-state index is 12.9. The Morgan fingerprint density at radius 3 is 2.38 bits per heavy atom. The van der Waals surface area contributed by atoms with Crippen LogP contribution in [0.5, 0.6) is 0 Å². The highest BCUT2D eigenvalue weighted by Gasteiger charge is 2.26. The van der Waals surface area contributed by atoms with Crippen LogP contribution in [0.25, 0.3) is 0 Å². The number of benzene rings is 1. The lowest BCUT2D eigenvalue weighted by atomic mass is 9.79. The summed E-state index contributed by atoms with van der Waals surface area (Å²) in [5.74, 6) is 0. The second kappa shape index (κ2) is 4.22. The summed E-state index contributed by atoms with van der Waals surface area (Å²) in [7, 11) is 0. The van der Waals surface area contributed by atoms with Gasteiger partial charge in [-0.25, -0.2) is 4.39 Å². The first-order chi connectivity index (χ1) is 6.29. The van der Waals surface area contributed by atoms with E-state index in [1.165, 1.54) is 0 Å². The van der Waals surface area contributed by atoms with Crippen molar-refractivity contribution in [2.45, 2.75) is 18.8 Å². The Kier molecular flexibility index (Phi) is 3.24. The maximum atomic E-state index is 12.9. The highest BCUT2D eigenvalue weighted by atomic mass is 19.1. The van der Waals surface area contributed by atoms with Gasteiger partial charge in [0.25, 0.3) is 0 Å². The number of alkyl halides is 1. The summed E-state index contributed by atoms with van der Waals surface area (Å²) < 4.78 is 12.9. The van der Waals surface area contributed by atoms with Crippen LogP contribution >= 0.6 is 0 Å². The molecule has 0 nitrogen and oxygen atoms in total. The van der Waals surface area contributed by atoms with Gasteiger partial charge in [0.1, 0.15) is 6.67 Å². The summed E-state index contributed by atoms with van der Waals surface area (Å²) in [6, 6.07) is 9.69. The Morgan fingerprint density at radius 1 is 1.38 bits per heavy atom. The smallest absolute Gasteiger partial charge is 0.102 e. The normalized spacial score (nSPS) is 14.9. The van der Waals surface area contributed by atoms with Crippen molar-refractivity contribution in [1.29, 1.82) is 0 Å². The van der Waals surface area contributed by atoms with Crippen LogP contribution in [0.2, 0.25) is 0 Å². The molecule has 1 rings (SSSR count). The van der Waals surface area contributed by atoms with Gasteiger partial charge in [-0.1, -0.05) is 43.3 Å². The van der Waals surface area contributed by atoms with E-state index in [0.717, 1.165) is 12.0 Å². The van der Waals surface area contributed by atoms with Gasteiger partial charge in [0.05, 0.1) is 0 Å². The van der Waals surface area contributed by atoms with Crippen LogP contribution in [-0.4, -0.2) is 6.67 Å². The Bertz CT molecular complexity index is 260. The van der Waals surface area contributed by atoms with Crippen molar-refractivity contribution in [3.05, 3.63) is 48.6 Å². The zero-order valence-corrected chi connectivity index (χ0v) is 7.96. The Balaban J connectivity index is 3.08. The Labute approximate surface area is 79.1 Å². The third-order valence-corrected chi connectivity index (χ3v) is 2.61. The molecule has 0 aromatic heterocycles. The predicted molar refractivity (Wildman–Crippen MR) is 54.6 cm³/mol. The third kappa shape index (κ3) is 1.80. The van der Waals surface area contributed by atoms with E-state index < -0.39 is 5.41 Å². The molecule has 0 aliphatic rings. The van der Waals surface area contributed by atoms with Crippen LogP contribution in [0.3, 0.4) is 0 Å². The van der Waals surface area contributed by atoms with Gasteiger partial charge in [0.2, 0.25) is 0 Å². The molecular weight excluding hydrogens is 163 g/mol. The molecule has 0 saturated carbocycles. The van der Waals surface area contributed by atoms with Crippen LogP contribution in [0, 0.1) is 0 Å². The van der Waals surface area contributed by atoms with E-state index in [-0.39, 0.29) is 6.67 Å². The largest absolute Gasteiger partial charge is 0.250 e. The number of halogens is 1. The zero-order valence-electron chi connectivity index (χ0n) is 7.96. The standard InChI is InChI=1S/C12H15F/c1-3-12(4-2,10-13)11-8-6-5-7-9-11/h3,5-9H,1,4,10H2,2H3/t12-/m1/s1. The molecular formula is C12H15F. The molecule has 1 aromatic rings. The molecule has 0 unspecified atom stereocenters. The summed E-state index contributed by atoms with van der Waals surface area (Å²) in [6.45, 7) is 5.31. The van der Waals surface area contributed by atoms with Gasteiger partial charge in [-0.15, -0.1) is 6.58 Å². The van der Waals surface area contributed by atoms with Crippen LogP contribution in [0.15, 0.2) is 43.0 Å². The van der Waals surface area contributed by atoms with Crippen LogP contribution in [0.4, 0.5) is 4.39 Å². The lowest BCUT2D eigenvalue weighted by Gasteiger charge is -2.26. The molecule has 0 saturated heterocycles. The van der Waals surface area contributed by atoms with E-state index in [1.54, 1.807) is 6.08 Å². The average Bonchev–Trinajstić information content (AvgIpc) is 2.23. The van der Waals surface area contributed by atoms with Crippen molar-refractivity contribution in [2.24, 2.45) is 0 Å². The number of hydrogen-bond donors (Lipinski definition) is 0. The molecule has 0 amide bonds. The summed E-state index contributed by atoms with van der Waals surface area (Å²) in [4.78, 5) is 0. The summed E-state index contributed by atoms with van der Waals surface area (Å²) >= 11 is 0. The first kappa shape index (κ1) is 9.97. The van der Waals surface area contributed by atoms with E-state index in [1.807, 2.05) is 37.3 Å². The summed E-state index contributed by atoms with van der Waals surface area (Å²) in [6.07, 6.45) is 2.46. The number of allylic oxidation sites excluding steroid dienone is 1. The SMILES string of the molecule is C=C[C@@](CC)(CF)c1ccccc1. The minimum Gasteiger partial charge on any atom is -0.250 e. The van der Waals surface area contributed by atoms with E-state index in [0.29, 0.717) is 0 Å². The van der Waals surface area contributed by atoms with Crippen LogP contribution in [0.1, 0.15) is 18.9 Å². The monoisotopic (exact) mass is 178 g/mol. The highest BCUT2D eigenvalue weighted by Crippen LogP contribution is 2.29. The quantitative estimate of drug-likeness (QED) is 0.619. The minimum atomic E-state index is -0.485.